The van der Waals surface area contributed by atoms with Crippen LogP contribution in [0.5, 0.6) is 11.5 Å². The van der Waals surface area contributed by atoms with Gasteiger partial charge in [-0.25, -0.2) is 0 Å². The Kier molecular flexibility index (Phi) is 3.07. The average molecular weight is 244 g/mol. The van der Waals surface area contributed by atoms with Crippen LogP contribution in [0.25, 0.3) is 0 Å². The first-order valence-corrected chi connectivity index (χ1v) is 6.42. The van der Waals surface area contributed by atoms with Crippen molar-refractivity contribution in [2.24, 2.45) is 0 Å². The molecule has 1 aromatic carbocycles. The summed E-state index contributed by atoms with van der Waals surface area (Å²) in [4.78, 5) is 0. The van der Waals surface area contributed by atoms with Gasteiger partial charge in [0, 0.05) is 6.04 Å². The zero-order valence-corrected chi connectivity index (χ0v) is 10.2. The molecule has 4 nitrogen and oxygen atoms in total. The maximum absolute atomic E-state index is 9.30. The van der Waals surface area contributed by atoms with E-state index in [-0.39, 0.29) is 12.8 Å². The van der Waals surface area contributed by atoms with Crippen LogP contribution < -0.4 is 14.8 Å². The Balaban J connectivity index is 1.76. The monoisotopic (exact) mass is 244 g/mol. The van der Waals surface area contributed by atoms with Crippen LogP contribution in [0, 0.1) is 11.3 Å². The number of ether oxygens (including phenoxy) is 2. The highest BCUT2D eigenvalue weighted by atomic mass is 16.7. The fraction of sp³-hybridized carbons (Fsp3) is 0.500. The number of hydrogen-bond donors (Lipinski definition) is 1. The van der Waals surface area contributed by atoms with E-state index in [2.05, 4.69) is 11.4 Å². The summed E-state index contributed by atoms with van der Waals surface area (Å²) in [6.45, 7) is 0.270. The van der Waals surface area contributed by atoms with Crippen LogP contribution in [0.3, 0.4) is 0 Å². The zero-order chi connectivity index (χ0) is 12.4. The Morgan fingerprint density at radius 2 is 2.00 bits per heavy atom. The van der Waals surface area contributed by atoms with Crippen molar-refractivity contribution in [3.05, 3.63) is 23.8 Å². The normalized spacial score (nSPS) is 19.7. The van der Waals surface area contributed by atoms with Crippen LogP contribution in [-0.4, -0.2) is 12.8 Å². The average Bonchev–Trinajstić information content (AvgIpc) is 3.06. The molecule has 0 amide bonds. The lowest BCUT2D eigenvalue weighted by Crippen LogP contribution is -2.29. The number of fused-ring (bicyclic) bond motifs is 1. The number of hydrogen-bond acceptors (Lipinski definition) is 4. The van der Waals surface area contributed by atoms with E-state index >= 15 is 0 Å². The highest BCUT2D eigenvalue weighted by Crippen LogP contribution is 2.34. The van der Waals surface area contributed by atoms with Crippen LogP contribution in [0.4, 0.5) is 0 Å². The summed E-state index contributed by atoms with van der Waals surface area (Å²) < 4.78 is 10.6. The summed E-state index contributed by atoms with van der Waals surface area (Å²) in [5.74, 6) is 1.50. The van der Waals surface area contributed by atoms with Crippen LogP contribution >= 0.6 is 0 Å². The molecular formula is C14H16N2O2. The second kappa shape index (κ2) is 4.87. The van der Waals surface area contributed by atoms with E-state index in [4.69, 9.17) is 9.47 Å². The maximum atomic E-state index is 9.30. The molecule has 1 heterocycles. The first-order valence-electron chi connectivity index (χ1n) is 6.42. The van der Waals surface area contributed by atoms with E-state index < -0.39 is 0 Å². The first-order chi connectivity index (χ1) is 8.86. The van der Waals surface area contributed by atoms with Crippen molar-refractivity contribution >= 4 is 0 Å². The third-order valence-corrected chi connectivity index (χ3v) is 3.62. The summed E-state index contributed by atoms with van der Waals surface area (Å²) in [5.41, 5.74) is 0.952. The minimum atomic E-state index is -0.261. The molecule has 1 atom stereocenters. The predicted octanol–water partition coefficient (Wildman–Crippen LogP) is 2.51. The van der Waals surface area contributed by atoms with Gasteiger partial charge in [-0.2, -0.15) is 5.26 Å². The first kappa shape index (κ1) is 11.4. The van der Waals surface area contributed by atoms with E-state index in [1.54, 1.807) is 0 Å². The third-order valence-electron chi connectivity index (χ3n) is 3.62. The SMILES string of the molecule is N#CC(NC1CCCC1)c1ccc2c(c1)OCO2. The molecular weight excluding hydrogens is 228 g/mol. The number of benzene rings is 1. The van der Waals surface area contributed by atoms with Gasteiger partial charge in [0.2, 0.25) is 6.79 Å². The topological polar surface area (TPSA) is 54.3 Å². The molecule has 0 spiro atoms. The van der Waals surface area contributed by atoms with E-state index in [9.17, 15) is 5.26 Å². The number of nitriles is 1. The second-order valence-corrected chi connectivity index (χ2v) is 4.82. The second-order valence-electron chi connectivity index (χ2n) is 4.82. The highest BCUT2D eigenvalue weighted by molar-refractivity contribution is 5.46. The van der Waals surface area contributed by atoms with Gasteiger partial charge in [-0.05, 0) is 30.5 Å². The lowest BCUT2D eigenvalue weighted by Gasteiger charge is -2.17. The van der Waals surface area contributed by atoms with Crippen LogP contribution in [0.2, 0.25) is 0 Å². The molecule has 1 aromatic rings. The highest BCUT2D eigenvalue weighted by Gasteiger charge is 2.22. The van der Waals surface area contributed by atoms with Gasteiger partial charge >= 0.3 is 0 Å². The van der Waals surface area contributed by atoms with Crippen molar-refractivity contribution < 1.29 is 9.47 Å². The van der Waals surface area contributed by atoms with Crippen LogP contribution in [0.1, 0.15) is 37.3 Å². The molecule has 94 valence electrons. The fourth-order valence-electron chi connectivity index (χ4n) is 2.63. The number of nitrogens with one attached hydrogen (secondary N) is 1. The molecule has 1 fully saturated rings. The lowest BCUT2D eigenvalue weighted by molar-refractivity contribution is 0.174. The summed E-state index contributed by atoms with van der Waals surface area (Å²) in [7, 11) is 0. The largest absolute Gasteiger partial charge is 0.454 e. The van der Waals surface area contributed by atoms with Crippen LogP contribution in [-0.2, 0) is 0 Å². The Hall–Kier alpha value is -1.73. The summed E-state index contributed by atoms with van der Waals surface area (Å²) in [6, 6.07) is 8.25. The molecule has 1 aliphatic carbocycles. The van der Waals surface area contributed by atoms with Gasteiger partial charge in [0.1, 0.15) is 6.04 Å². The molecule has 1 saturated carbocycles. The molecule has 0 saturated heterocycles. The zero-order valence-electron chi connectivity index (χ0n) is 10.2. The fourth-order valence-corrected chi connectivity index (χ4v) is 2.63. The predicted molar refractivity (Wildman–Crippen MR) is 66.3 cm³/mol. The van der Waals surface area contributed by atoms with Crippen molar-refractivity contribution in [3.8, 4) is 17.6 Å². The van der Waals surface area contributed by atoms with Gasteiger partial charge in [-0.3, -0.25) is 5.32 Å². The maximum Gasteiger partial charge on any atom is 0.231 e. The van der Waals surface area contributed by atoms with E-state index in [0.717, 1.165) is 17.1 Å². The van der Waals surface area contributed by atoms with Gasteiger partial charge < -0.3 is 9.47 Å². The molecule has 2 aliphatic rings. The van der Waals surface area contributed by atoms with Gasteiger partial charge in [-0.1, -0.05) is 18.9 Å². The Labute approximate surface area is 107 Å². The van der Waals surface area contributed by atoms with Gasteiger partial charge in [0.15, 0.2) is 11.5 Å². The van der Waals surface area contributed by atoms with Crippen molar-refractivity contribution in [1.82, 2.24) is 5.32 Å². The summed E-state index contributed by atoms with van der Waals surface area (Å²) >= 11 is 0. The summed E-state index contributed by atoms with van der Waals surface area (Å²) in [5, 5.41) is 12.7. The molecule has 4 heteroatoms. The molecule has 0 aromatic heterocycles. The molecule has 1 aliphatic heterocycles. The lowest BCUT2D eigenvalue weighted by atomic mass is 10.1. The minimum absolute atomic E-state index is 0.261. The van der Waals surface area contributed by atoms with Crippen molar-refractivity contribution in [1.29, 1.82) is 5.26 Å². The van der Waals surface area contributed by atoms with Gasteiger partial charge in [0.25, 0.3) is 0 Å². The van der Waals surface area contributed by atoms with Gasteiger partial charge in [-0.15, -0.1) is 0 Å². The standard InChI is InChI=1S/C14H16N2O2/c15-8-12(16-11-3-1-2-4-11)10-5-6-13-14(7-10)18-9-17-13/h5-7,11-12,16H,1-4,9H2. The Morgan fingerprint density at radius 3 is 2.78 bits per heavy atom. The molecule has 1 unspecified atom stereocenters. The third kappa shape index (κ3) is 2.14. The smallest absolute Gasteiger partial charge is 0.231 e. The van der Waals surface area contributed by atoms with Crippen molar-refractivity contribution in [3.63, 3.8) is 0 Å². The van der Waals surface area contributed by atoms with Crippen molar-refractivity contribution in [2.45, 2.75) is 37.8 Å². The molecule has 0 radical (unpaired) electrons. The molecule has 18 heavy (non-hydrogen) atoms. The number of rotatable bonds is 3. The molecule has 1 N–H and O–H groups in total. The molecule has 3 rings (SSSR count). The Morgan fingerprint density at radius 1 is 1.22 bits per heavy atom. The van der Waals surface area contributed by atoms with Gasteiger partial charge in [0.05, 0.1) is 6.07 Å². The van der Waals surface area contributed by atoms with Crippen molar-refractivity contribution in [2.75, 3.05) is 6.79 Å². The van der Waals surface area contributed by atoms with E-state index in [1.165, 1.54) is 25.7 Å². The quantitative estimate of drug-likeness (QED) is 0.887. The Bertz CT molecular complexity index is 475. The molecule has 0 bridgehead atoms. The number of nitrogens with zero attached hydrogens (tertiary/aromatic N) is 1. The van der Waals surface area contributed by atoms with E-state index in [0.29, 0.717) is 6.04 Å². The summed E-state index contributed by atoms with van der Waals surface area (Å²) in [6.07, 6.45) is 4.86. The van der Waals surface area contributed by atoms with E-state index in [1.807, 2.05) is 18.2 Å². The van der Waals surface area contributed by atoms with Crippen LogP contribution in [0.15, 0.2) is 18.2 Å². The minimum Gasteiger partial charge on any atom is -0.454 e.